The van der Waals surface area contributed by atoms with Crippen molar-refractivity contribution in [2.75, 3.05) is 5.88 Å². The van der Waals surface area contributed by atoms with Crippen LogP contribution in [0.4, 0.5) is 0 Å². The molecule has 72 valence electrons. The van der Waals surface area contributed by atoms with Crippen LogP contribution in [0.5, 0.6) is 0 Å². The number of rotatable bonds is 5. The van der Waals surface area contributed by atoms with E-state index in [-0.39, 0.29) is 12.1 Å². The van der Waals surface area contributed by atoms with Crippen molar-refractivity contribution in [3.05, 3.63) is 0 Å². The summed E-state index contributed by atoms with van der Waals surface area (Å²) in [5.74, 6) is 0.757. The molecule has 1 unspecified atom stereocenters. The highest BCUT2D eigenvalue weighted by atomic mass is 35.5. The number of ether oxygens (including phenoxy) is 1. The molecule has 0 N–H and O–H groups in total. The van der Waals surface area contributed by atoms with Gasteiger partial charge in [0.15, 0.2) is 0 Å². The molecule has 0 fully saturated rings. The monoisotopic (exact) mass is 192 g/mol. The Kier molecular flexibility index (Phi) is 6.17. The predicted molar refractivity (Wildman–Crippen MR) is 50.3 cm³/mol. The maximum atomic E-state index is 11.0. The van der Waals surface area contributed by atoms with E-state index in [1.807, 2.05) is 20.8 Å². The number of alkyl halides is 1. The number of hydrogen-bond donors (Lipinski definition) is 0. The van der Waals surface area contributed by atoms with E-state index in [1.165, 1.54) is 0 Å². The number of carbonyl (C=O) groups excluding carboxylic acids is 1. The van der Waals surface area contributed by atoms with Gasteiger partial charge in [0.25, 0.3) is 0 Å². The van der Waals surface area contributed by atoms with Crippen LogP contribution in [-0.2, 0) is 9.53 Å². The smallest absolute Gasteiger partial charge is 0.306 e. The third-order valence-electron chi connectivity index (χ3n) is 1.77. The molecule has 0 aliphatic heterocycles. The van der Waals surface area contributed by atoms with Crippen molar-refractivity contribution in [2.24, 2.45) is 5.92 Å². The van der Waals surface area contributed by atoms with Crippen LogP contribution in [0.15, 0.2) is 0 Å². The van der Waals surface area contributed by atoms with Gasteiger partial charge in [-0.15, -0.1) is 11.6 Å². The average molecular weight is 193 g/mol. The molecule has 0 spiro atoms. The number of hydrogen-bond acceptors (Lipinski definition) is 2. The first-order chi connectivity index (χ1) is 5.57. The van der Waals surface area contributed by atoms with E-state index in [4.69, 9.17) is 16.3 Å². The van der Waals surface area contributed by atoms with Gasteiger partial charge in [0, 0.05) is 12.3 Å². The lowest BCUT2D eigenvalue weighted by atomic mass is 10.1. The Morgan fingerprint density at radius 2 is 2.00 bits per heavy atom. The van der Waals surface area contributed by atoms with Gasteiger partial charge in [0.05, 0.1) is 0 Å². The van der Waals surface area contributed by atoms with Crippen LogP contribution < -0.4 is 0 Å². The third kappa shape index (κ3) is 5.42. The molecule has 1 atom stereocenters. The van der Waals surface area contributed by atoms with Crippen LogP contribution in [0.2, 0.25) is 0 Å². The summed E-state index contributed by atoms with van der Waals surface area (Å²) in [5, 5.41) is 0. The topological polar surface area (TPSA) is 26.3 Å². The molecule has 0 aromatic carbocycles. The number of esters is 1. The van der Waals surface area contributed by atoms with Crippen LogP contribution >= 0.6 is 11.6 Å². The van der Waals surface area contributed by atoms with Gasteiger partial charge in [0.2, 0.25) is 0 Å². The Bertz CT molecular complexity index is 134. The third-order valence-corrected chi connectivity index (χ3v) is 2.04. The predicted octanol–water partition coefficient (Wildman–Crippen LogP) is 2.59. The van der Waals surface area contributed by atoms with Crippen LogP contribution in [-0.4, -0.2) is 18.0 Å². The molecule has 2 nitrogen and oxygen atoms in total. The van der Waals surface area contributed by atoms with Gasteiger partial charge >= 0.3 is 5.97 Å². The molecule has 0 aromatic heterocycles. The Morgan fingerprint density at radius 1 is 1.42 bits per heavy atom. The molecule has 0 aliphatic rings. The van der Waals surface area contributed by atoms with E-state index in [2.05, 4.69) is 0 Å². The van der Waals surface area contributed by atoms with Gasteiger partial charge in [0.1, 0.15) is 6.10 Å². The molecule has 0 aromatic rings. The van der Waals surface area contributed by atoms with Gasteiger partial charge in [-0.05, 0) is 19.3 Å². The molecule has 12 heavy (non-hydrogen) atoms. The molecule has 3 heteroatoms. The largest absolute Gasteiger partial charge is 0.462 e. The maximum absolute atomic E-state index is 11.0. The summed E-state index contributed by atoms with van der Waals surface area (Å²) in [6.45, 7) is 5.96. The van der Waals surface area contributed by atoms with Crippen molar-refractivity contribution in [3.8, 4) is 0 Å². The highest BCUT2D eigenvalue weighted by molar-refractivity contribution is 6.17. The van der Waals surface area contributed by atoms with Crippen molar-refractivity contribution in [2.45, 2.75) is 39.7 Å². The van der Waals surface area contributed by atoms with Crippen LogP contribution in [0.1, 0.15) is 33.6 Å². The molecular weight excluding hydrogens is 176 g/mol. The summed E-state index contributed by atoms with van der Waals surface area (Å²) in [4.78, 5) is 11.0. The minimum atomic E-state index is -0.142. The quantitative estimate of drug-likeness (QED) is 0.495. The van der Waals surface area contributed by atoms with Crippen LogP contribution in [0.25, 0.3) is 0 Å². The Labute approximate surface area is 79.2 Å². The minimum Gasteiger partial charge on any atom is -0.462 e. The lowest BCUT2D eigenvalue weighted by Gasteiger charge is -2.16. The van der Waals surface area contributed by atoms with E-state index in [0.717, 1.165) is 0 Å². The van der Waals surface area contributed by atoms with E-state index in [0.29, 0.717) is 24.6 Å². The Hall–Kier alpha value is -0.240. The zero-order chi connectivity index (χ0) is 9.56. The van der Waals surface area contributed by atoms with E-state index >= 15 is 0 Å². The normalized spacial score (nSPS) is 13.1. The average Bonchev–Trinajstić information content (AvgIpc) is 2.00. The second kappa shape index (κ2) is 6.30. The van der Waals surface area contributed by atoms with Crippen molar-refractivity contribution in [1.29, 1.82) is 0 Å². The van der Waals surface area contributed by atoms with Crippen molar-refractivity contribution >= 4 is 17.6 Å². The fourth-order valence-electron chi connectivity index (χ4n) is 0.613. The van der Waals surface area contributed by atoms with E-state index < -0.39 is 0 Å². The first-order valence-corrected chi connectivity index (χ1v) is 4.86. The lowest BCUT2D eigenvalue weighted by Crippen LogP contribution is -2.19. The minimum absolute atomic E-state index is 0.00725. The molecule has 0 saturated heterocycles. The van der Waals surface area contributed by atoms with E-state index in [1.54, 1.807) is 0 Å². The highest BCUT2D eigenvalue weighted by Crippen LogP contribution is 2.07. The Morgan fingerprint density at radius 3 is 2.42 bits per heavy atom. The molecule has 0 rings (SSSR count). The maximum Gasteiger partial charge on any atom is 0.306 e. The first-order valence-electron chi connectivity index (χ1n) is 4.33. The van der Waals surface area contributed by atoms with Crippen LogP contribution in [0.3, 0.4) is 0 Å². The summed E-state index contributed by atoms with van der Waals surface area (Å²) in [6, 6.07) is 0. The molecule has 0 aliphatic carbocycles. The second-order valence-corrected chi connectivity index (χ2v) is 3.61. The van der Waals surface area contributed by atoms with E-state index in [9.17, 15) is 4.79 Å². The van der Waals surface area contributed by atoms with Crippen molar-refractivity contribution in [3.63, 3.8) is 0 Å². The molecule has 0 amide bonds. The molecule has 0 saturated carbocycles. The highest BCUT2D eigenvalue weighted by Gasteiger charge is 2.11. The summed E-state index contributed by atoms with van der Waals surface area (Å²) in [7, 11) is 0. The Balaban J connectivity index is 3.54. The van der Waals surface area contributed by atoms with Crippen molar-refractivity contribution < 1.29 is 9.53 Å². The second-order valence-electron chi connectivity index (χ2n) is 3.23. The summed E-state index contributed by atoms with van der Waals surface area (Å²) >= 11 is 5.44. The zero-order valence-electron chi connectivity index (χ0n) is 7.97. The van der Waals surface area contributed by atoms with Gasteiger partial charge in [-0.1, -0.05) is 13.8 Å². The van der Waals surface area contributed by atoms with Gasteiger partial charge < -0.3 is 4.74 Å². The summed E-state index contributed by atoms with van der Waals surface area (Å²) in [6.07, 6.45) is 1.14. The van der Waals surface area contributed by atoms with Gasteiger partial charge in [-0.2, -0.15) is 0 Å². The summed E-state index contributed by atoms with van der Waals surface area (Å²) in [5.41, 5.74) is 0. The summed E-state index contributed by atoms with van der Waals surface area (Å²) < 4.78 is 5.12. The molecule has 0 radical (unpaired) electrons. The van der Waals surface area contributed by atoms with Crippen LogP contribution in [0, 0.1) is 5.92 Å². The molecular formula is C9H17ClO2. The lowest BCUT2D eigenvalue weighted by molar-refractivity contribution is -0.150. The van der Waals surface area contributed by atoms with Gasteiger partial charge in [-0.3, -0.25) is 4.79 Å². The first kappa shape index (κ1) is 11.8. The van der Waals surface area contributed by atoms with Gasteiger partial charge in [-0.25, -0.2) is 0 Å². The fraction of sp³-hybridized carbons (Fsp3) is 0.889. The molecule has 0 bridgehead atoms. The van der Waals surface area contributed by atoms with Crippen molar-refractivity contribution in [1.82, 2.24) is 0 Å². The zero-order valence-corrected chi connectivity index (χ0v) is 8.73. The number of halogens is 1. The SMILES string of the molecule is CC(C)C(C)OC(=O)CCCCl. The standard InChI is InChI=1S/C9H17ClO2/c1-7(2)8(3)12-9(11)5-4-6-10/h7-8H,4-6H2,1-3H3. The fourth-order valence-corrected chi connectivity index (χ4v) is 0.747. The number of carbonyl (C=O) groups is 1. The molecule has 0 heterocycles.